The second-order valence-electron chi connectivity index (χ2n) is 7.48. The van der Waals surface area contributed by atoms with Crippen LogP contribution in [0.5, 0.6) is 0 Å². The predicted octanol–water partition coefficient (Wildman–Crippen LogP) is 4.16. The molecule has 0 aromatic carbocycles. The Morgan fingerprint density at radius 3 is 2.63 bits per heavy atom. The van der Waals surface area contributed by atoms with Crippen molar-refractivity contribution in [2.75, 3.05) is 24.9 Å². The molecule has 3 rings (SSSR count). The van der Waals surface area contributed by atoms with E-state index in [4.69, 9.17) is 9.47 Å². The van der Waals surface area contributed by atoms with Crippen molar-refractivity contribution < 1.29 is 24.2 Å². The SMILES string of the molecule is CC(C)CC(=O)N(c1cc(C2=CCCCC2)sc1C(=O)O)C1COCOC1. The van der Waals surface area contributed by atoms with E-state index in [1.165, 1.54) is 23.3 Å². The van der Waals surface area contributed by atoms with Gasteiger partial charge < -0.3 is 19.5 Å². The van der Waals surface area contributed by atoms with Crippen LogP contribution >= 0.6 is 11.3 Å². The Morgan fingerprint density at radius 2 is 2.04 bits per heavy atom. The van der Waals surface area contributed by atoms with Gasteiger partial charge in [-0.25, -0.2) is 4.79 Å². The van der Waals surface area contributed by atoms with E-state index in [0.717, 1.165) is 24.1 Å². The minimum Gasteiger partial charge on any atom is -0.477 e. The molecule has 0 unspecified atom stereocenters. The Bertz CT molecular complexity index is 718. The van der Waals surface area contributed by atoms with E-state index >= 15 is 0 Å². The molecule has 1 aliphatic heterocycles. The van der Waals surface area contributed by atoms with Crippen molar-refractivity contribution in [3.8, 4) is 0 Å². The van der Waals surface area contributed by atoms with Gasteiger partial charge >= 0.3 is 5.97 Å². The minimum absolute atomic E-state index is 0.0893. The number of ether oxygens (including phenoxy) is 2. The van der Waals surface area contributed by atoms with Crippen molar-refractivity contribution in [3.05, 3.63) is 21.9 Å². The Hall–Kier alpha value is -1.70. The molecule has 1 saturated heterocycles. The molecular weight excluding hydrogens is 366 g/mol. The summed E-state index contributed by atoms with van der Waals surface area (Å²) in [6.45, 7) is 4.85. The van der Waals surface area contributed by atoms with E-state index in [1.807, 2.05) is 19.9 Å². The largest absolute Gasteiger partial charge is 0.477 e. The molecule has 1 aliphatic carbocycles. The highest BCUT2D eigenvalue weighted by atomic mass is 32.1. The quantitative estimate of drug-likeness (QED) is 0.785. The summed E-state index contributed by atoms with van der Waals surface area (Å²) in [5, 5.41) is 9.78. The molecule has 7 heteroatoms. The molecule has 1 N–H and O–H groups in total. The van der Waals surface area contributed by atoms with Gasteiger partial charge in [-0.05, 0) is 43.2 Å². The summed E-state index contributed by atoms with van der Waals surface area (Å²) in [6.07, 6.45) is 6.80. The second-order valence-corrected chi connectivity index (χ2v) is 8.53. The van der Waals surface area contributed by atoms with Crippen LogP contribution in [0.3, 0.4) is 0 Å². The van der Waals surface area contributed by atoms with Gasteiger partial charge in [0.15, 0.2) is 0 Å². The predicted molar refractivity (Wildman–Crippen MR) is 105 cm³/mol. The number of hydrogen-bond donors (Lipinski definition) is 1. The van der Waals surface area contributed by atoms with Gasteiger partial charge in [-0.2, -0.15) is 0 Å². The molecule has 27 heavy (non-hydrogen) atoms. The number of carboxylic acid groups (broad SMARTS) is 1. The molecule has 1 aromatic rings. The molecule has 6 nitrogen and oxygen atoms in total. The fourth-order valence-corrected chi connectivity index (χ4v) is 4.60. The topological polar surface area (TPSA) is 76.1 Å². The average molecular weight is 394 g/mol. The van der Waals surface area contributed by atoms with Gasteiger partial charge in [0.25, 0.3) is 0 Å². The number of rotatable bonds is 6. The van der Waals surface area contributed by atoms with Crippen LogP contribution in [0, 0.1) is 5.92 Å². The number of nitrogens with zero attached hydrogens (tertiary/aromatic N) is 1. The van der Waals surface area contributed by atoms with Crippen LogP contribution in [0.2, 0.25) is 0 Å². The van der Waals surface area contributed by atoms with Crippen LogP contribution < -0.4 is 4.90 Å². The Kier molecular flexibility index (Phi) is 6.68. The van der Waals surface area contributed by atoms with E-state index in [0.29, 0.717) is 25.3 Å². The Balaban J connectivity index is 2.01. The van der Waals surface area contributed by atoms with Crippen molar-refractivity contribution in [1.82, 2.24) is 0 Å². The third-order valence-electron chi connectivity index (χ3n) is 4.78. The summed E-state index contributed by atoms with van der Waals surface area (Å²) in [5.41, 5.74) is 1.66. The Labute approximate surface area is 163 Å². The van der Waals surface area contributed by atoms with Crippen molar-refractivity contribution in [1.29, 1.82) is 0 Å². The number of thiophene rings is 1. The lowest BCUT2D eigenvalue weighted by Crippen LogP contribution is -2.49. The molecule has 2 aliphatic rings. The fraction of sp³-hybridized carbons (Fsp3) is 0.600. The van der Waals surface area contributed by atoms with Gasteiger partial charge in [-0.15, -0.1) is 11.3 Å². The first-order valence-corrected chi connectivity index (χ1v) is 10.3. The number of hydrogen-bond acceptors (Lipinski definition) is 5. The number of aromatic carboxylic acids is 1. The lowest BCUT2D eigenvalue weighted by Gasteiger charge is -2.34. The molecule has 0 radical (unpaired) electrons. The molecule has 1 aromatic heterocycles. The maximum atomic E-state index is 13.0. The van der Waals surface area contributed by atoms with Gasteiger partial charge in [-0.1, -0.05) is 19.9 Å². The number of amides is 1. The van der Waals surface area contributed by atoms with Crippen LogP contribution in [0.25, 0.3) is 5.57 Å². The van der Waals surface area contributed by atoms with Crippen molar-refractivity contribution in [2.45, 2.75) is 52.0 Å². The van der Waals surface area contributed by atoms with Gasteiger partial charge in [-0.3, -0.25) is 4.79 Å². The molecule has 2 heterocycles. The van der Waals surface area contributed by atoms with E-state index < -0.39 is 5.97 Å². The van der Waals surface area contributed by atoms with E-state index in [-0.39, 0.29) is 29.5 Å². The molecule has 0 atom stereocenters. The standard InChI is InChI=1S/C20H27NO5S/c1-13(2)8-18(22)21(15-10-25-12-26-11-15)16-9-17(27-19(16)20(23)24)14-6-4-3-5-7-14/h6,9,13,15H,3-5,7-8,10-12H2,1-2H3,(H,23,24). The van der Waals surface area contributed by atoms with Crippen LogP contribution in [0.4, 0.5) is 5.69 Å². The number of carboxylic acids is 1. The lowest BCUT2D eigenvalue weighted by molar-refractivity contribution is -0.127. The first-order valence-electron chi connectivity index (χ1n) is 9.51. The van der Waals surface area contributed by atoms with Crippen LogP contribution in [-0.4, -0.2) is 43.0 Å². The average Bonchev–Trinajstić information content (AvgIpc) is 3.08. The summed E-state index contributed by atoms with van der Waals surface area (Å²) >= 11 is 1.26. The zero-order valence-corrected chi connectivity index (χ0v) is 16.7. The number of carbonyl (C=O) groups excluding carboxylic acids is 1. The van der Waals surface area contributed by atoms with Gasteiger partial charge in [0.05, 0.1) is 24.9 Å². The normalized spacial score (nSPS) is 18.4. The first-order chi connectivity index (χ1) is 13.0. The molecular formula is C20H27NO5S. The first kappa shape index (κ1) is 20.0. The number of carbonyl (C=O) groups is 2. The highest BCUT2D eigenvalue weighted by Gasteiger charge is 2.33. The minimum atomic E-state index is -1.00. The monoisotopic (exact) mass is 393 g/mol. The van der Waals surface area contributed by atoms with Gasteiger partial charge in [0.1, 0.15) is 11.7 Å². The summed E-state index contributed by atoms with van der Waals surface area (Å²) in [5.74, 6) is -0.913. The van der Waals surface area contributed by atoms with Gasteiger partial charge in [0, 0.05) is 11.3 Å². The smallest absolute Gasteiger partial charge is 0.348 e. The third kappa shape index (κ3) is 4.78. The molecule has 148 valence electrons. The second kappa shape index (κ2) is 8.99. The summed E-state index contributed by atoms with van der Waals surface area (Å²) in [6, 6.07) is 1.56. The molecule has 1 fully saturated rings. The molecule has 1 amide bonds. The third-order valence-corrected chi connectivity index (χ3v) is 5.97. The maximum Gasteiger partial charge on any atom is 0.348 e. The molecule has 0 spiro atoms. The summed E-state index contributed by atoms with van der Waals surface area (Å²) in [4.78, 5) is 27.7. The zero-order valence-electron chi connectivity index (χ0n) is 15.9. The van der Waals surface area contributed by atoms with Crippen LogP contribution in [0.15, 0.2) is 12.1 Å². The molecule has 0 bridgehead atoms. The Morgan fingerprint density at radius 1 is 1.30 bits per heavy atom. The highest BCUT2D eigenvalue weighted by molar-refractivity contribution is 7.15. The summed E-state index contributed by atoms with van der Waals surface area (Å²) in [7, 11) is 0. The van der Waals surface area contributed by atoms with Crippen LogP contribution in [0.1, 0.15) is 60.5 Å². The van der Waals surface area contributed by atoms with E-state index in [1.54, 1.807) is 4.90 Å². The van der Waals surface area contributed by atoms with Crippen molar-refractivity contribution in [3.63, 3.8) is 0 Å². The highest BCUT2D eigenvalue weighted by Crippen LogP contribution is 2.39. The van der Waals surface area contributed by atoms with Crippen molar-refractivity contribution >= 4 is 34.5 Å². The van der Waals surface area contributed by atoms with E-state index in [2.05, 4.69) is 6.08 Å². The van der Waals surface area contributed by atoms with Crippen molar-refractivity contribution in [2.24, 2.45) is 5.92 Å². The zero-order chi connectivity index (χ0) is 19.4. The molecule has 0 saturated carbocycles. The van der Waals surface area contributed by atoms with Crippen LogP contribution in [-0.2, 0) is 14.3 Å². The fourth-order valence-electron chi connectivity index (χ4n) is 3.54. The summed E-state index contributed by atoms with van der Waals surface area (Å²) < 4.78 is 10.8. The maximum absolute atomic E-state index is 13.0. The number of allylic oxidation sites excluding steroid dienone is 2. The van der Waals surface area contributed by atoms with Gasteiger partial charge in [0.2, 0.25) is 5.91 Å². The van der Waals surface area contributed by atoms with E-state index in [9.17, 15) is 14.7 Å². The number of anilines is 1. The lowest BCUT2D eigenvalue weighted by atomic mass is 9.98.